The van der Waals surface area contributed by atoms with Gasteiger partial charge in [-0.25, -0.2) is 0 Å². The maximum atomic E-state index is 5.84. The number of hydrogen-bond donors (Lipinski definition) is 1. The molecule has 2 aromatic heterocycles. The molecule has 5 nitrogen and oxygen atoms in total. The van der Waals surface area contributed by atoms with E-state index in [1.807, 2.05) is 41.6 Å². The zero-order valence-corrected chi connectivity index (χ0v) is 8.31. The first kappa shape index (κ1) is 8.96. The number of anilines is 1. The molecule has 2 rings (SSSR count). The molecule has 0 aliphatic carbocycles. The van der Waals surface area contributed by atoms with Crippen LogP contribution in [-0.2, 0) is 6.54 Å². The van der Waals surface area contributed by atoms with E-state index >= 15 is 0 Å². The summed E-state index contributed by atoms with van der Waals surface area (Å²) in [4.78, 5) is 2.03. The van der Waals surface area contributed by atoms with Gasteiger partial charge in [-0.3, -0.25) is 4.40 Å². The van der Waals surface area contributed by atoms with Crippen molar-refractivity contribution in [3.8, 4) is 0 Å². The number of rotatable bonds is 2. The Morgan fingerprint density at radius 3 is 2.86 bits per heavy atom. The minimum atomic E-state index is 0.671. The molecule has 2 N–H and O–H groups in total. The lowest BCUT2D eigenvalue weighted by Gasteiger charge is -2.08. The van der Waals surface area contributed by atoms with E-state index in [2.05, 4.69) is 10.2 Å². The molecule has 0 unspecified atom stereocenters. The van der Waals surface area contributed by atoms with E-state index in [-0.39, 0.29) is 0 Å². The summed E-state index contributed by atoms with van der Waals surface area (Å²) in [5.41, 5.74) is 6.64. The Bertz CT molecular complexity index is 445. The van der Waals surface area contributed by atoms with Crippen LogP contribution < -0.4 is 5.73 Å². The van der Waals surface area contributed by atoms with E-state index in [9.17, 15) is 0 Å². The molecule has 74 valence electrons. The van der Waals surface area contributed by atoms with Crippen LogP contribution in [-0.4, -0.2) is 33.6 Å². The van der Waals surface area contributed by atoms with Gasteiger partial charge in [-0.2, -0.15) is 0 Å². The lowest BCUT2D eigenvalue weighted by molar-refractivity contribution is 0.389. The SMILES string of the molecule is CN(C)Cc1nnc2cccc(N)n12. The van der Waals surface area contributed by atoms with Crippen molar-refractivity contribution in [3.05, 3.63) is 24.0 Å². The lowest BCUT2D eigenvalue weighted by Crippen LogP contribution is -2.14. The van der Waals surface area contributed by atoms with E-state index in [4.69, 9.17) is 5.73 Å². The zero-order chi connectivity index (χ0) is 10.1. The number of nitrogens with two attached hydrogens (primary N) is 1. The van der Waals surface area contributed by atoms with Crippen molar-refractivity contribution in [2.45, 2.75) is 6.54 Å². The number of hydrogen-bond acceptors (Lipinski definition) is 4. The summed E-state index contributed by atoms with van der Waals surface area (Å²) in [6.07, 6.45) is 0. The number of nitrogens with zero attached hydrogens (tertiary/aromatic N) is 4. The quantitative estimate of drug-likeness (QED) is 0.745. The lowest BCUT2D eigenvalue weighted by atomic mass is 10.4. The number of aromatic nitrogens is 3. The van der Waals surface area contributed by atoms with Gasteiger partial charge in [-0.05, 0) is 26.2 Å². The molecule has 0 saturated carbocycles. The van der Waals surface area contributed by atoms with Gasteiger partial charge < -0.3 is 10.6 Å². The summed E-state index contributed by atoms with van der Waals surface area (Å²) in [6, 6.07) is 5.61. The summed E-state index contributed by atoms with van der Waals surface area (Å²) in [5.74, 6) is 1.53. The number of nitrogen functional groups attached to an aromatic ring is 1. The molecule has 2 aromatic rings. The maximum absolute atomic E-state index is 5.84. The molecule has 0 aromatic carbocycles. The number of fused-ring (bicyclic) bond motifs is 1. The standard InChI is InChI=1S/C9H13N5/c1-13(2)6-9-12-11-8-5-3-4-7(10)14(8)9/h3-5H,6,10H2,1-2H3. The summed E-state index contributed by atoms with van der Waals surface area (Å²) in [7, 11) is 3.97. The Kier molecular flexibility index (Phi) is 2.09. The summed E-state index contributed by atoms with van der Waals surface area (Å²) < 4.78 is 1.86. The van der Waals surface area contributed by atoms with E-state index in [0.717, 1.165) is 18.0 Å². The van der Waals surface area contributed by atoms with Crippen molar-refractivity contribution in [2.24, 2.45) is 0 Å². The van der Waals surface area contributed by atoms with Crippen molar-refractivity contribution >= 4 is 11.5 Å². The van der Waals surface area contributed by atoms with E-state index in [0.29, 0.717) is 5.82 Å². The highest BCUT2D eigenvalue weighted by atomic mass is 15.3. The Hall–Kier alpha value is -1.62. The van der Waals surface area contributed by atoms with Crippen molar-refractivity contribution in [3.63, 3.8) is 0 Å². The fraction of sp³-hybridized carbons (Fsp3) is 0.333. The average molecular weight is 191 g/mol. The minimum absolute atomic E-state index is 0.671. The third-order valence-electron chi connectivity index (χ3n) is 1.98. The Labute approximate surface area is 82.2 Å². The van der Waals surface area contributed by atoms with Crippen LogP contribution in [0.1, 0.15) is 5.82 Å². The zero-order valence-electron chi connectivity index (χ0n) is 8.31. The normalized spacial score (nSPS) is 11.4. The molecule has 2 heterocycles. The summed E-state index contributed by atoms with van der Waals surface area (Å²) in [5, 5.41) is 8.13. The second-order valence-electron chi connectivity index (χ2n) is 3.50. The van der Waals surface area contributed by atoms with Crippen LogP contribution in [0.2, 0.25) is 0 Å². The van der Waals surface area contributed by atoms with Gasteiger partial charge in [0.05, 0.1) is 6.54 Å². The van der Waals surface area contributed by atoms with Crippen LogP contribution in [0.5, 0.6) is 0 Å². The fourth-order valence-corrected chi connectivity index (χ4v) is 1.41. The molecule has 0 aliphatic rings. The van der Waals surface area contributed by atoms with Crippen molar-refractivity contribution in [1.82, 2.24) is 19.5 Å². The first-order chi connectivity index (χ1) is 6.68. The van der Waals surface area contributed by atoms with E-state index in [1.54, 1.807) is 0 Å². The van der Waals surface area contributed by atoms with E-state index in [1.165, 1.54) is 0 Å². The fourth-order valence-electron chi connectivity index (χ4n) is 1.41. The molecule has 0 fully saturated rings. The predicted molar refractivity (Wildman–Crippen MR) is 54.8 cm³/mol. The second kappa shape index (κ2) is 3.26. The van der Waals surface area contributed by atoms with Gasteiger partial charge in [0.25, 0.3) is 0 Å². The minimum Gasteiger partial charge on any atom is -0.385 e. The molecular formula is C9H13N5. The molecule has 0 bridgehead atoms. The smallest absolute Gasteiger partial charge is 0.162 e. The van der Waals surface area contributed by atoms with E-state index < -0.39 is 0 Å². The molecule has 14 heavy (non-hydrogen) atoms. The highest BCUT2D eigenvalue weighted by Crippen LogP contribution is 2.10. The molecule has 0 atom stereocenters. The average Bonchev–Trinajstić information content (AvgIpc) is 2.49. The molecule has 0 radical (unpaired) electrons. The molecule has 0 spiro atoms. The van der Waals surface area contributed by atoms with Crippen LogP contribution in [0.25, 0.3) is 5.65 Å². The van der Waals surface area contributed by atoms with Gasteiger partial charge in [0.2, 0.25) is 0 Å². The highest BCUT2D eigenvalue weighted by molar-refractivity contribution is 5.47. The molecular weight excluding hydrogens is 178 g/mol. The Morgan fingerprint density at radius 2 is 2.14 bits per heavy atom. The van der Waals surface area contributed by atoms with Crippen LogP contribution in [0.4, 0.5) is 5.82 Å². The highest BCUT2D eigenvalue weighted by Gasteiger charge is 2.07. The summed E-state index contributed by atoms with van der Waals surface area (Å²) in [6.45, 7) is 0.732. The molecule has 0 aliphatic heterocycles. The van der Waals surface area contributed by atoms with Gasteiger partial charge >= 0.3 is 0 Å². The van der Waals surface area contributed by atoms with Crippen LogP contribution in [0.15, 0.2) is 18.2 Å². The van der Waals surface area contributed by atoms with Crippen molar-refractivity contribution < 1.29 is 0 Å². The van der Waals surface area contributed by atoms with Gasteiger partial charge in [0.1, 0.15) is 5.82 Å². The van der Waals surface area contributed by atoms with Gasteiger partial charge in [-0.1, -0.05) is 6.07 Å². The van der Waals surface area contributed by atoms with Crippen molar-refractivity contribution in [1.29, 1.82) is 0 Å². The predicted octanol–water partition coefficient (Wildman–Crippen LogP) is 0.373. The molecule has 0 amide bonds. The Morgan fingerprint density at radius 1 is 1.36 bits per heavy atom. The third kappa shape index (κ3) is 1.42. The second-order valence-corrected chi connectivity index (χ2v) is 3.50. The van der Waals surface area contributed by atoms with Crippen molar-refractivity contribution in [2.75, 3.05) is 19.8 Å². The summed E-state index contributed by atoms with van der Waals surface area (Å²) >= 11 is 0. The Balaban J connectivity index is 2.55. The molecule has 5 heteroatoms. The van der Waals surface area contributed by atoms with Crippen LogP contribution in [0.3, 0.4) is 0 Å². The topological polar surface area (TPSA) is 59.5 Å². The van der Waals surface area contributed by atoms with Gasteiger partial charge in [0, 0.05) is 0 Å². The largest absolute Gasteiger partial charge is 0.385 e. The number of pyridine rings is 1. The first-order valence-electron chi connectivity index (χ1n) is 4.41. The first-order valence-corrected chi connectivity index (χ1v) is 4.41. The van der Waals surface area contributed by atoms with Crippen LogP contribution in [0, 0.1) is 0 Å². The molecule has 0 saturated heterocycles. The maximum Gasteiger partial charge on any atom is 0.162 e. The van der Waals surface area contributed by atoms with Crippen LogP contribution >= 0.6 is 0 Å². The third-order valence-corrected chi connectivity index (χ3v) is 1.98. The van der Waals surface area contributed by atoms with Gasteiger partial charge in [0.15, 0.2) is 11.5 Å². The van der Waals surface area contributed by atoms with Gasteiger partial charge in [-0.15, -0.1) is 10.2 Å². The monoisotopic (exact) mass is 191 g/mol.